The van der Waals surface area contributed by atoms with Crippen molar-refractivity contribution in [1.82, 2.24) is 4.90 Å². The normalized spacial score (nSPS) is 24.7. The summed E-state index contributed by atoms with van der Waals surface area (Å²) in [6.07, 6.45) is 8.19. The summed E-state index contributed by atoms with van der Waals surface area (Å²) in [7, 11) is 0. The van der Waals surface area contributed by atoms with Gasteiger partial charge in [-0.3, -0.25) is 9.59 Å². The molecular weight excluding hydrogens is 230 g/mol. The van der Waals surface area contributed by atoms with Crippen LogP contribution in [0.2, 0.25) is 0 Å². The number of carbonyl (C=O) groups is 2. The zero-order valence-electron chi connectivity index (χ0n) is 11.0. The predicted octanol–water partition coefficient (Wildman–Crippen LogP) is 2.42. The number of hydrogen-bond donors (Lipinski definition) is 1. The van der Waals surface area contributed by atoms with Crippen molar-refractivity contribution in [3.05, 3.63) is 0 Å². The number of carboxylic acids is 1. The Balaban J connectivity index is 2.07. The maximum Gasteiger partial charge on any atom is 0.311 e. The Bertz CT molecular complexity index is 321. The molecule has 4 heteroatoms. The number of aliphatic carboxylic acids is 1. The van der Waals surface area contributed by atoms with Crippen molar-refractivity contribution in [3.8, 4) is 0 Å². The molecule has 1 heterocycles. The van der Waals surface area contributed by atoms with Crippen LogP contribution in [0.1, 0.15) is 57.8 Å². The Morgan fingerprint density at radius 1 is 1.11 bits per heavy atom. The standard InChI is InChI=1S/C14H23NO3/c16-12-7-3-1-6-10-15(12)11-14(13(17)18)8-4-2-5-9-14/h1-11H2,(H,17,18). The average molecular weight is 253 g/mol. The summed E-state index contributed by atoms with van der Waals surface area (Å²) >= 11 is 0. The van der Waals surface area contributed by atoms with Gasteiger partial charge in [-0.1, -0.05) is 25.7 Å². The van der Waals surface area contributed by atoms with Crippen LogP contribution in [0.25, 0.3) is 0 Å². The molecule has 1 N–H and O–H groups in total. The van der Waals surface area contributed by atoms with Gasteiger partial charge in [0.1, 0.15) is 0 Å². The highest BCUT2D eigenvalue weighted by Crippen LogP contribution is 2.37. The SMILES string of the molecule is O=C1CCCCCN1CC1(C(=O)O)CCCCC1. The molecule has 2 aliphatic rings. The molecule has 0 atom stereocenters. The predicted molar refractivity (Wildman–Crippen MR) is 68.2 cm³/mol. The van der Waals surface area contributed by atoms with E-state index < -0.39 is 11.4 Å². The van der Waals surface area contributed by atoms with Crippen molar-refractivity contribution < 1.29 is 14.7 Å². The second-order valence-electron chi connectivity index (χ2n) is 5.77. The number of carbonyl (C=O) groups excluding carboxylic acids is 1. The molecule has 0 radical (unpaired) electrons. The second-order valence-corrected chi connectivity index (χ2v) is 5.77. The lowest BCUT2D eigenvalue weighted by Gasteiger charge is -2.37. The van der Waals surface area contributed by atoms with Crippen molar-refractivity contribution in [2.45, 2.75) is 57.8 Å². The van der Waals surface area contributed by atoms with Crippen molar-refractivity contribution in [1.29, 1.82) is 0 Å². The van der Waals surface area contributed by atoms with Crippen LogP contribution in [-0.4, -0.2) is 35.0 Å². The summed E-state index contributed by atoms with van der Waals surface area (Å²) in [5.41, 5.74) is -0.668. The van der Waals surface area contributed by atoms with Gasteiger partial charge in [-0.05, 0) is 25.7 Å². The summed E-state index contributed by atoms with van der Waals surface area (Å²) in [6, 6.07) is 0. The quantitative estimate of drug-likeness (QED) is 0.840. The van der Waals surface area contributed by atoms with Gasteiger partial charge in [-0.15, -0.1) is 0 Å². The summed E-state index contributed by atoms with van der Waals surface area (Å²) in [6.45, 7) is 1.18. The highest BCUT2D eigenvalue weighted by atomic mass is 16.4. The van der Waals surface area contributed by atoms with E-state index >= 15 is 0 Å². The van der Waals surface area contributed by atoms with Gasteiger partial charge in [0.25, 0.3) is 0 Å². The van der Waals surface area contributed by atoms with Crippen LogP contribution in [0, 0.1) is 5.41 Å². The first-order chi connectivity index (χ1) is 8.64. The zero-order chi connectivity index (χ0) is 13.0. The van der Waals surface area contributed by atoms with Crippen LogP contribution < -0.4 is 0 Å². The zero-order valence-corrected chi connectivity index (χ0v) is 11.0. The van der Waals surface area contributed by atoms with Crippen molar-refractivity contribution >= 4 is 11.9 Å². The van der Waals surface area contributed by atoms with Gasteiger partial charge in [0.15, 0.2) is 0 Å². The monoisotopic (exact) mass is 253 g/mol. The van der Waals surface area contributed by atoms with Crippen LogP contribution in [-0.2, 0) is 9.59 Å². The number of nitrogens with zero attached hydrogens (tertiary/aromatic N) is 1. The number of rotatable bonds is 3. The molecule has 0 aromatic heterocycles. The lowest BCUT2D eigenvalue weighted by atomic mass is 9.73. The molecule has 102 valence electrons. The number of carboxylic acid groups (broad SMARTS) is 1. The van der Waals surface area contributed by atoms with Crippen molar-refractivity contribution in [2.75, 3.05) is 13.1 Å². The molecule has 0 aromatic rings. The first-order valence-electron chi connectivity index (χ1n) is 7.15. The van der Waals surface area contributed by atoms with Gasteiger partial charge in [0.05, 0.1) is 5.41 Å². The molecule has 4 nitrogen and oxygen atoms in total. The van der Waals surface area contributed by atoms with E-state index in [-0.39, 0.29) is 5.91 Å². The molecule has 1 amide bonds. The van der Waals surface area contributed by atoms with Crippen molar-refractivity contribution in [3.63, 3.8) is 0 Å². The Morgan fingerprint density at radius 3 is 2.44 bits per heavy atom. The van der Waals surface area contributed by atoms with Crippen LogP contribution >= 0.6 is 0 Å². The van der Waals surface area contributed by atoms with Crippen LogP contribution in [0.15, 0.2) is 0 Å². The van der Waals surface area contributed by atoms with E-state index in [0.717, 1.165) is 57.9 Å². The minimum Gasteiger partial charge on any atom is -0.481 e. The Hall–Kier alpha value is -1.06. The molecule has 2 rings (SSSR count). The lowest BCUT2D eigenvalue weighted by Crippen LogP contribution is -2.46. The third kappa shape index (κ3) is 2.85. The summed E-state index contributed by atoms with van der Waals surface area (Å²) in [5.74, 6) is -0.557. The van der Waals surface area contributed by atoms with E-state index in [2.05, 4.69) is 0 Å². The Morgan fingerprint density at radius 2 is 1.78 bits per heavy atom. The molecule has 1 aliphatic heterocycles. The van der Waals surface area contributed by atoms with Gasteiger partial charge < -0.3 is 10.0 Å². The smallest absolute Gasteiger partial charge is 0.311 e. The van der Waals surface area contributed by atoms with Gasteiger partial charge in [-0.25, -0.2) is 0 Å². The van der Waals surface area contributed by atoms with E-state index in [9.17, 15) is 14.7 Å². The molecule has 0 spiro atoms. The minimum absolute atomic E-state index is 0.152. The number of hydrogen-bond acceptors (Lipinski definition) is 2. The maximum atomic E-state index is 12.0. The molecular formula is C14H23NO3. The van der Waals surface area contributed by atoms with E-state index in [1.54, 1.807) is 0 Å². The molecule has 2 fully saturated rings. The van der Waals surface area contributed by atoms with E-state index in [1.165, 1.54) is 0 Å². The first kappa shape index (κ1) is 13.4. The van der Waals surface area contributed by atoms with Gasteiger partial charge in [0.2, 0.25) is 5.91 Å². The molecule has 1 aliphatic carbocycles. The van der Waals surface area contributed by atoms with E-state index in [1.807, 2.05) is 4.90 Å². The molecule has 18 heavy (non-hydrogen) atoms. The maximum absolute atomic E-state index is 12.0. The third-order valence-corrected chi connectivity index (χ3v) is 4.43. The number of likely N-dealkylation sites (tertiary alicyclic amines) is 1. The summed E-state index contributed by atoms with van der Waals surface area (Å²) in [4.78, 5) is 25.4. The fraction of sp³-hybridized carbons (Fsp3) is 0.857. The van der Waals surface area contributed by atoms with Crippen molar-refractivity contribution in [2.24, 2.45) is 5.41 Å². The van der Waals surface area contributed by atoms with Gasteiger partial charge in [-0.2, -0.15) is 0 Å². The molecule has 0 unspecified atom stereocenters. The second kappa shape index (κ2) is 5.72. The highest BCUT2D eigenvalue weighted by molar-refractivity contribution is 5.79. The van der Waals surface area contributed by atoms with Crippen LogP contribution in [0.4, 0.5) is 0 Å². The molecule has 1 saturated carbocycles. The summed E-state index contributed by atoms with van der Waals surface area (Å²) in [5, 5.41) is 9.54. The molecule has 1 saturated heterocycles. The fourth-order valence-electron chi connectivity index (χ4n) is 3.24. The largest absolute Gasteiger partial charge is 0.481 e. The minimum atomic E-state index is -0.709. The Labute approximate surface area is 108 Å². The lowest BCUT2D eigenvalue weighted by molar-refractivity contribution is -0.154. The average Bonchev–Trinajstić information content (AvgIpc) is 2.56. The van der Waals surface area contributed by atoms with E-state index in [4.69, 9.17) is 0 Å². The van der Waals surface area contributed by atoms with Crippen LogP contribution in [0.5, 0.6) is 0 Å². The third-order valence-electron chi connectivity index (χ3n) is 4.43. The Kier molecular flexibility index (Phi) is 4.25. The van der Waals surface area contributed by atoms with E-state index in [0.29, 0.717) is 13.0 Å². The molecule has 0 aromatic carbocycles. The number of amides is 1. The van der Waals surface area contributed by atoms with Crippen LogP contribution in [0.3, 0.4) is 0 Å². The van der Waals surface area contributed by atoms with Gasteiger partial charge in [0, 0.05) is 19.5 Å². The fourth-order valence-corrected chi connectivity index (χ4v) is 3.24. The highest BCUT2D eigenvalue weighted by Gasteiger charge is 2.41. The molecule has 0 bridgehead atoms. The summed E-state index contributed by atoms with van der Waals surface area (Å²) < 4.78 is 0. The first-order valence-corrected chi connectivity index (χ1v) is 7.15. The van der Waals surface area contributed by atoms with Gasteiger partial charge >= 0.3 is 5.97 Å². The topological polar surface area (TPSA) is 57.6 Å².